The van der Waals surface area contributed by atoms with Crippen molar-refractivity contribution in [2.45, 2.75) is 39.5 Å². The second-order valence-electron chi connectivity index (χ2n) is 7.02. The highest BCUT2D eigenvalue weighted by atomic mass is 16.2. The zero-order valence-corrected chi connectivity index (χ0v) is 15.3. The fourth-order valence-electron chi connectivity index (χ4n) is 3.79. The van der Waals surface area contributed by atoms with Crippen molar-refractivity contribution < 1.29 is 4.79 Å². The number of nitrogens with zero attached hydrogens (tertiary/aromatic N) is 6. The summed E-state index contributed by atoms with van der Waals surface area (Å²) in [5, 5.41) is 4.32. The summed E-state index contributed by atoms with van der Waals surface area (Å²) in [4.78, 5) is 27.9. The molecular weight excluding hydrogens is 328 g/mol. The predicted octanol–water partition coefficient (Wildman–Crippen LogP) is 2.46. The molecular formula is C19H22N6O. The van der Waals surface area contributed by atoms with Crippen LogP contribution >= 0.6 is 0 Å². The van der Waals surface area contributed by atoms with Gasteiger partial charge in [0.2, 0.25) is 0 Å². The van der Waals surface area contributed by atoms with Crippen molar-refractivity contribution in [3.8, 4) is 0 Å². The minimum Gasteiger partial charge on any atom is -0.338 e. The number of fused-ring (bicyclic) bond motifs is 1. The maximum Gasteiger partial charge on any atom is 0.254 e. The third kappa shape index (κ3) is 3.05. The van der Waals surface area contributed by atoms with E-state index in [-0.39, 0.29) is 11.8 Å². The molecule has 0 unspecified atom stereocenters. The highest BCUT2D eigenvalue weighted by Gasteiger charge is 2.28. The molecule has 3 aromatic heterocycles. The average molecular weight is 350 g/mol. The van der Waals surface area contributed by atoms with Gasteiger partial charge in [-0.15, -0.1) is 0 Å². The van der Waals surface area contributed by atoms with Gasteiger partial charge in [-0.3, -0.25) is 9.78 Å². The molecule has 4 heterocycles. The Kier molecular flexibility index (Phi) is 4.14. The number of likely N-dealkylation sites (tertiary alicyclic amines) is 1. The molecule has 1 aliphatic rings. The minimum absolute atomic E-state index is 0.0731. The predicted molar refractivity (Wildman–Crippen MR) is 97.1 cm³/mol. The molecule has 1 fully saturated rings. The van der Waals surface area contributed by atoms with Crippen LogP contribution in [0, 0.1) is 20.8 Å². The standard InChI is InChI=1S/C19H22N6O/c1-12-7-16(8-13(2)22-12)18(26)24-6-4-5-15(10-24)17-9-14(3)23-19-20-11-21-25(17)19/h7-9,11,15H,4-6,10H2,1-3H3/t15-/m0/s1. The minimum atomic E-state index is 0.0731. The monoisotopic (exact) mass is 350 g/mol. The first-order valence-corrected chi connectivity index (χ1v) is 8.93. The first-order valence-electron chi connectivity index (χ1n) is 8.93. The Hall–Kier alpha value is -2.83. The first-order chi connectivity index (χ1) is 12.5. The van der Waals surface area contributed by atoms with Crippen molar-refractivity contribution in [3.05, 3.63) is 52.9 Å². The molecule has 0 N–H and O–H groups in total. The fourth-order valence-corrected chi connectivity index (χ4v) is 3.79. The average Bonchev–Trinajstić information content (AvgIpc) is 3.08. The van der Waals surface area contributed by atoms with E-state index in [4.69, 9.17) is 0 Å². The number of amides is 1. The van der Waals surface area contributed by atoms with Gasteiger partial charge in [0, 0.05) is 41.7 Å². The van der Waals surface area contributed by atoms with Crippen molar-refractivity contribution in [1.29, 1.82) is 0 Å². The van der Waals surface area contributed by atoms with Gasteiger partial charge in [0.1, 0.15) is 6.33 Å². The number of carbonyl (C=O) groups is 1. The number of piperidine rings is 1. The number of rotatable bonds is 2. The van der Waals surface area contributed by atoms with Gasteiger partial charge in [-0.1, -0.05) is 0 Å². The van der Waals surface area contributed by atoms with E-state index in [1.54, 1.807) is 4.52 Å². The molecule has 7 heteroatoms. The number of pyridine rings is 1. The zero-order valence-electron chi connectivity index (χ0n) is 15.3. The third-order valence-corrected chi connectivity index (χ3v) is 4.86. The summed E-state index contributed by atoms with van der Waals surface area (Å²) in [7, 11) is 0. The highest BCUT2D eigenvalue weighted by molar-refractivity contribution is 5.94. The first kappa shape index (κ1) is 16.6. The van der Waals surface area contributed by atoms with Crippen LogP contribution in [0.25, 0.3) is 5.78 Å². The molecule has 4 rings (SSSR count). The Balaban J connectivity index is 1.63. The van der Waals surface area contributed by atoms with E-state index in [0.29, 0.717) is 17.9 Å². The number of aryl methyl sites for hydroxylation is 3. The van der Waals surface area contributed by atoms with Crippen molar-refractivity contribution in [2.24, 2.45) is 0 Å². The molecule has 7 nitrogen and oxygen atoms in total. The molecule has 3 aromatic rings. The molecule has 0 aromatic carbocycles. The summed E-state index contributed by atoms with van der Waals surface area (Å²) < 4.78 is 1.80. The summed E-state index contributed by atoms with van der Waals surface area (Å²) in [5.74, 6) is 0.912. The van der Waals surface area contributed by atoms with Gasteiger partial charge in [-0.2, -0.15) is 10.1 Å². The Labute approximate surface area is 152 Å². The van der Waals surface area contributed by atoms with E-state index < -0.39 is 0 Å². The van der Waals surface area contributed by atoms with Gasteiger partial charge in [0.25, 0.3) is 11.7 Å². The van der Waals surface area contributed by atoms with Crippen LogP contribution in [0.4, 0.5) is 0 Å². The molecule has 0 aliphatic carbocycles. The Bertz CT molecular complexity index is 959. The largest absolute Gasteiger partial charge is 0.338 e. The van der Waals surface area contributed by atoms with E-state index >= 15 is 0 Å². The summed E-state index contributed by atoms with van der Waals surface area (Å²) >= 11 is 0. The molecule has 26 heavy (non-hydrogen) atoms. The number of carbonyl (C=O) groups excluding carboxylic acids is 1. The lowest BCUT2D eigenvalue weighted by Crippen LogP contribution is -2.39. The molecule has 1 saturated heterocycles. The summed E-state index contributed by atoms with van der Waals surface area (Å²) in [5.41, 5.74) is 4.45. The molecule has 1 amide bonds. The van der Waals surface area contributed by atoms with Gasteiger partial charge in [0.15, 0.2) is 0 Å². The topological polar surface area (TPSA) is 76.3 Å². The lowest BCUT2D eigenvalue weighted by molar-refractivity contribution is 0.0705. The van der Waals surface area contributed by atoms with Crippen molar-refractivity contribution in [2.75, 3.05) is 13.1 Å². The molecule has 1 atom stereocenters. The Morgan fingerprint density at radius 2 is 1.81 bits per heavy atom. The van der Waals surface area contributed by atoms with E-state index in [9.17, 15) is 4.79 Å². The Morgan fingerprint density at radius 3 is 2.58 bits per heavy atom. The van der Waals surface area contributed by atoms with Gasteiger partial charge >= 0.3 is 0 Å². The molecule has 0 saturated carbocycles. The lowest BCUT2D eigenvalue weighted by atomic mass is 9.93. The zero-order chi connectivity index (χ0) is 18.3. The van der Waals surface area contributed by atoms with Crippen molar-refractivity contribution in [1.82, 2.24) is 29.5 Å². The van der Waals surface area contributed by atoms with Crippen molar-refractivity contribution in [3.63, 3.8) is 0 Å². The van der Waals surface area contributed by atoms with Crippen LogP contribution in [-0.2, 0) is 0 Å². The SMILES string of the molecule is Cc1cc(C(=O)N2CCC[C@H](c3cc(C)nc4ncnn34)C2)cc(C)n1. The number of hydrogen-bond donors (Lipinski definition) is 0. The fraction of sp³-hybridized carbons (Fsp3) is 0.421. The van der Waals surface area contributed by atoms with Crippen LogP contribution in [0.15, 0.2) is 24.5 Å². The lowest BCUT2D eigenvalue weighted by Gasteiger charge is -2.33. The second-order valence-corrected chi connectivity index (χ2v) is 7.02. The van der Waals surface area contributed by atoms with Crippen LogP contribution in [0.3, 0.4) is 0 Å². The normalized spacial score (nSPS) is 17.7. The quantitative estimate of drug-likeness (QED) is 0.710. The second kappa shape index (κ2) is 6.48. The number of aromatic nitrogens is 5. The smallest absolute Gasteiger partial charge is 0.254 e. The van der Waals surface area contributed by atoms with Crippen LogP contribution in [0.1, 0.15) is 51.9 Å². The summed E-state index contributed by atoms with van der Waals surface area (Å²) in [6, 6.07) is 5.79. The van der Waals surface area contributed by atoms with Gasteiger partial charge < -0.3 is 4.90 Å². The molecule has 1 aliphatic heterocycles. The summed E-state index contributed by atoms with van der Waals surface area (Å²) in [6.07, 6.45) is 3.52. The van der Waals surface area contributed by atoms with Gasteiger partial charge in [-0.25, -0.2) is 9.50 Å². The third-order valence-electron chi connectivity index (χ3n) is 4.86. The van der Waals surface area contributed by atoms with Gasteiger partial charge in [-0.05, 0) is 51.8 Å². The van der Waals surface area contributed by atoms with E-state index in [0.717, 1.165) is 42.2 Å². The molecule has 0 spiro atoms. The maximum atomic E-state index is 13.0. The van der Waals surface area contributed by atoms with E-state index in [1.807, 2.05) is 37.8 Å². The highest BCUT2D eigenvalue weighted by Crippen LogP contribution is 2.28. The van der Waals surface area contributed by atoms with Crippen molar-refractivity contribution >= 4 is 11.7 Å². The van der Waals surface area contributed by atoms with Gasteiger partial charge in [0.05, 0.1) is 5.69 Å². The van der Waals surface area contributed by atoms with Crippen LogP contribution < -0.4 is 0 Å². The Morgan fingerprint density at radius 1 is 1.08 bits per heavy atom. The molecule has 0 bridgehead atoms. The van der Waals surface area contributed by atoms with Crippen LogP contribution in [0.2, 0.25) is 0 Å². The van der Waals surface area contributed by atoms with Crippen LogP contribution in [0.5, 0.6) is 0 Å². The van der Waals surface area contributed by atoms with E-state index in [1.165, 1.54) is 6.33 Å². The summed E-state index contributed by atoms with van der Waals surface area (Å²) in [6.45, 7) is 7.26. The molecule has 0 radical (unpaired) electrons. The van der Waals surface area contributed by atoms with E-state index in [2.05, 4.69) is 26.1 Å². The van der Waals surface area contributed by atoms with Crippen LogP contribution in [-0.4, -0.2) is 48.5 Å². The molecule has 134 valence electrons. The maximum absolute atomic E-state index is 13.0. The number of hydrogen-bond acceptors (Lipinski definition) is 5.